The van der Waals surface area contributed by atoms with E-state index >= 15 is 0 Å². The molecule has 146 valence electrons. The Morgan fingerprint density at radius 1 is 1.15 bits per heavy atom. The van der Waals surface area contributed by atoms with Crippen LogP contribution in [0.5, 0.6) is 11.5 Å². The van der Waals surface area contributed by atoms with E-state index in [1.54, 1.807) is 23.9 Å². The Balaban J connectivity index is 2.18. The van der Waals surface area contributed by atoms with Crippen molar-refractivity contribution in [2.24, 2.45) is 0 Å². The maximum Gasteiger partial charge on any atom is 0.247 e. The summed E-state index contributed by atoms with van der Waals surface area (Å²) in [6.45, 7) is -0.341. The fourth-order valence-corrected chi connectivity index (χ4v) is 4.10. The van der Waals surface area contributed by atoms with Gasteiger partial charge in [-0.2, -0.15) is 4.31 Å². The molecule has 1 N–H and O–H groups in total. The van der Waals surface area contributed by atoms with Gasteiger partial charge in [0, 0.05) is 23.7 Å². The van der Waals surface area contributed by atoms with Crippen molar-refractivity contribution in [2.75, 3.05) is 39.4 Å². The molecule has 2 aromatic rings. The second kappa shape index (κ2) is 9.12. The first kappa shape index (κ1) is 21.1. The minimum absolute atomic E-state index is 0.0657. The number of hydrogen-bond donors (Lipinski definition) is 1. The van der Waals surface area contributed by atoms with Crippen LogP contribution in [0.1, 0.15) is 0 Å². The molecule has 1 amide bonds. The van der Waals surface area contributed by atoms with Gasteiger partial charge in [-0.3, -0.25) is 4.79 Å². The number of likely N-dealkylation sites (N-methyl/N-ethyl adjacent to an activating group) is 1. The number of nitrogens with zero attached hydrogens (tertiary/aromatic N) is 1. The summed E-state index contributed by atoms with van der Waals surface area (Å²) in [7, 11) is 0.212. The van der Waals surface area contributed by atoms with Crippen molar-refractivity contribution in [3.63, 3.8) is 0 Å². The number of methoxy groups -OCH3 is 2. The molecule has 27 heavy (non-hydrogen) atoms. The van der Waals surface area contributed by atoms with Crippen molar-refractivity contribution in [3.05, 3.63) is 42.5 Å². The van der Waals surface area contributed by atoms with Crippen molar-refractivity contribution in [3.8, 4) is 11.5 Å². The van der Waals surface area contributed by atoms with Crippen molar-refractivity contribution in [1.29, 1.82) is 0 Å². The maximum absolute atomic E-state index is 12.9. The molecule has 0 saturated carbocycles. The molecule has 0 aliphatic carbocycles. The fraction of sp³-hybridized carbons (Fsp3) is 0.278. The van der Waals surface area contributed by atoms with Gasteiger partial charge in [-0.15, -0.1) is 11.8 Å². The number of nitrogens with one attached hydrogen (secondary N) is 1. The maximum atomic E-state index is 12.9. The Hall–Kier alpha value is -2.23. The Morgan fingerprint density at radius 2 is 1.89 bits per heavy atom. The third-order valence-corrected chi connectivity index (χ3v) is 6.33. The van der Waals surface area contributed by atoms with E-state index in [4.69, 9.17) is 9.47 Å². The van der Waals surface area contributed by atoms with Crippen LogP contribution in [-0.4, -0.2) is 52.7 Å². The number of sulfonamides is 1. The number of rotatable bonds is 8. The number of carbonyl (C=O) groups is 1. The molecule has 0 aromatic heterocycles. The molecule has 0 aliphatic heterocycles. The van der Waals surface area contributed by atoms with Gasteiger partial charge in [-0.25, -0.2) is 8.42 Å². The molecule has 2 rings (SSSR count). The average Bonchev–Trinajstić information content (AvgIpc) is 2.67. The molecular weight excluding hydrogens is 388 g/mol. The second-order valence-electron chi connectivity index (χ2n) is 5.56. The van der Waals surface area contributed by atoms with Crippen molar-refractivity contribution in [1.82, 2.24) is 4.31 Å². The Morgan fingerprint density at radius 3 is 2.52 bits per heavy atom. The Kier molecular flexibility index (Phi) is 7.11. The molecule has 0 fully saturated rings. The van der Waals surface area contributed by atoms with Crippen LogP contribution >= 0.6 is 11.8 Å². The fourth-order valence-electron chi connectivity index (χ4n) is 2.34. The first-order chi connectivity index (χ1) is 12.8. The smallest absolute Gasteiger partial charge is 0.247 e. The van der Waals surface area contributed by atoms with E-state index in [9.17, 15) is 13.2 Å². The van der Waals surface area contributed by atoms with Gasteiger partial charge < -0.3 is 14.8 Å². The van der Waals surface area contributed by atoms with E-state index in [0.29, 0.717) is 11.4 Å². The first-order valence-corrected chi connectivity index (χ1v) is 10.6. The molecular formula is C18H22N2O5S2. The summed E-state index contributed by atoms with van der Waals surface area (Å²) in [5.74, 6) is 0.109. The standard InChI is InChI=1S/C18H22N2O5S2/c1-20(12-18(21)19-13-6-5-7-15(10-13)26-4)27(22,23)17-11-14(24-2)8-9-16(17)25-3/h5-11H,12H2,1-4H3,(H,19,21). The van der Waals surface area contributed by atoms with Gasteiger partial charge in [-0.05, 0) is 36.6 Å². The van der Waals surface area contributed by atoms with Crippen LogP contribution in [0.15, 0.2) is 52.3 Å². The summed E-state index contributed by atoms with van der Waals surface area (Å²) >= 11 is 1.55. The summed E-state index contributed by atoms with van der Waals surface area (Å²) in [6.07, 6.45) is 1.93. The molecule has 0 saturated heterocycles. The molecule has 0 heterocycles. The average molecular weight is 411 g/mol. The molecule has 0 radical (unpaired) electrons. The minimum atomic E-state index is -3.95. The van der Waals surface area contributed by atoms with Crippen LogP contribution in [0.3, 0.4) is 0 Å². The molecule has 0 atom stereocenters. The van der Waals surface area contributed by atoms with E-state index < -0.39 is 15.9 Å². The van der Waals surface area contributed by atoms with Crippen molar-refractivity contribution in [2.45, 2.75) is 9.79 Å². The highest BCUT2D eigenvalue weighted by molar-refractivity contribution is 7.98. The normalized spacial score (nSPS) is 11.3. The number of amides is 1. The predicted molar refractivity (Wildman–Crippen MR) is 106 cm³/mol. The van der Waals surface area contributed by atoms with Crippen molar-refractivity contribution >= 4 is 33.4 Å². The van der Waals surface area contributed by atoms with Gasteiger partial charge >= 0.3 is 0 Å². The Bertz CT molecular complexity index is 916. The van der Waals surface area contributed by atoms with Gasteiger partial charge in [0.2, 0.25) is 15.9 Å². The third-order valence-electron chi connectivity index (χ3n) is 3.78. The number of carbonyl (C=O) groups excluding carboxylic acids is 1. The Labute approximate surface area is 163 Å². The van der Waals surface area contributed by atoms with Crippen LogP contribution in [0, 0.1) is 0 Å². The predicted octanol–water partition coefficient (Wildman–Crippen LogP) is 2.68. The quantitative estimate of drug-likeness (QED) is 0.674. The van der Waals surface area contributed by atoms with E-state index in [1.807, 2.05) is 24.5 Å². The lowest BCUT2D eigenvalue weighted by Gasteiger charge is -2.19. The summed E-state index contributed by atoms with van der Waals surface area (Å²) in [5.41, 5.74) is 0.608. The van der Waals surface area contributed by atoms with Gasteiger partial charge in [0.25, 0.3) is 0 Å². The largest absolute Gasteiger partial charge is 0.497 e. The highest BCUT2D eigenvalue weighted by Gasteiger charge is 2.27. The van der Waals surface area contributed by atoms with Crippen LogP contribution < -0.4 is 14.8 Å². The van der Waals surface area contributed by atoms with Gasteiger partial charge in [-0.1, -0.05) is 6.07 Å². The number of hydrogen-bond acceptors (Lipinski definition) is 6. The van der Waals surface area contributed by atoms with Crippen LogP contribution in [0.4, 0.5) is 5.69 Å². The highest BCUT2D eigenvalue weighted by atomic mass is 32.2. The van der Waals surface area contributed by atoms with Crippen LogP contribution in [0.2, 0.25) is 0 Å². The molecule has 0 bridgehead atoms. The highest BCUT2D eigenvalue weighted by Crippen LogP contribution is 2.30. The molecule has 7 nitrogen and oxygen atoms in total. The summed E-state index contributed by atoms with van der Waals surface area (Å²) in [6, 6.07) is 11.8. The zero-order valence-corrected chi connectivity index (χ0v) is 17.2. The monoisotopic (exact) mass is 410 g/mol. The van der Waals surface area contributed by atoms with Gasteiger partial charge in [0.15, 0.2) is 0 Å². The molecule has 0 aliphatic rings. The summed E-state index contributed by atoms with van der Waals surface area (Å²) < 4.78 is 37.0. The number of ether oxygens (including phenoxy) is 2. The second-order valence-corrected chi connectivity index (χ2v) is 8.45. The summed E-state index contributed by atoms with van der Waals surface area (Å²) in [4.78, 5) is 13.2. The molecule has 9 heteroatoms. The summed E-state index contributed by atoms with van der Waals surface area (Å²) in [5, 5.41) is 2.71. The first-order valence-electron chi connectivity index (χ1n) is 7.94. The van der Waals surface area contributed by atoms with Gasteiger partial charge in [0.05, 0.1) is 20.8 Å². The molecule has 0 unspecified atom stereocenters. The lowest BCUT2D eigenvalue weighted by molar-refractivity contribution is -0.116. The van der Waals surface area contributed by atoms with Crippen LogP contribution in [-0.2, 0) is 14.8 Å². The zero-order valence-electron chi connectivity index (χ0n) is 15.6. The van der Waals surface area contributed by atoms with Gasteiger partial charge in [0.1, 0.15) is 16.4 Å². The van der Waals surface area contributed by atoms with Crippen molar-refractivity contribution < 1.29 is 22.7 Å². The van der Waals surface area contributed by atoms with E-state index in [-0.39, 0.29) is 17.2 Å². The minimum Gasteiger partial charge on any atom is -0.497 e. The number of thioether (sulfide) groups is 1. The van der Waals surface area contributed by atoms with E-state index in [1.165, 1.54) is 33.4 Å². The third kappa shape index (κ3) is 5.15. The number of benzene rings is 2. The number of anilines is 1. The van der Waals surface area contributed by atoms with E-state index in [0.717, 1.165) is 9.20 Å². The molecule has 2 aromatic carbocycles. The SMILES string of the molecule is COc1ccc(OC)c(S(=O)(=O)N(C)CC(=O)Nc2cccc(SC)c2)c1. The van der Waals surface area contributed by atoms with Crippen LogP contribution in [0.25, 0.3) is 0 Å². The van der Waals surface area contributed by atoms with E-state index in [2.05, 4.69) is 5.32 Å². The molecule has 0 spiro atoms. The zero-order chi connectivity index (χ0) is 20.0. The lowest BCUT2D eigenvalue weighted by atomic mass is 10.3. The topological polar surface area (TPSA) is 84.9 Å². The lowest BCUT2D eigenvalue weighted by Crippen LogP contribution is -2.35.